The van der Waals surface area contributed by atoms with Crippen molar-refractivity contribution in [3.63, 3.8) is 0 Å². The van der Waals surface area contributed by atoms with Gasteiger partial charge in [0, 0.05) is 6.42 Å². The van der Waals surface area contributed by atoms with E-state index in [0.717, 1.165) is 5.56 Å². The van der Waals surface area contributed by atoms with Gasteiger partial charge in [-0.15, -0.1) is 0 Å². The summed E-state index contributed by atoms with van der Waals surface area (Å²) in [5.74, 6) is -0.407. The summed E-state index contributed by atoms with van der Waals surface area (Å²) in [5, 5.41) is 29.9. The Hall–Kier alpha value is -1.51. The van der Waals surface area contributed by atoms with E-state index < -0.39 is 36.7 Å². The number of esters is 1. The molecule has 1 fully saturated rings. The predicted molar refractivity (Wildman–Crippen MR) is 83.8 cm³/mol. The second-order valence-electron chi connectivity index (χ2n) is 5.74. The molecule has 2 rings (SSSR count). The Labute approximate surface area is 140 Å². The van der Waals surface area contributed by atoms with E-state index in [-0.39, 0.29) is 19.6 Å². The highest BCUT2D eigenvalue weighted by atomic mass is 16.7. The fourth-order valence-electron chi connectivity index (χ4n) is 2.40. The molecule has 0 bridgehead atoms. The van der Waals surface area contributed by atoms with Gasteiger partial charge in [0.25, 0.3) is 0 Å². The minimum Gasteiger partial charge on any atom is -0.463 e. The second kappa shape index (κ2) is 9.10. The van der Waals surface area contributed by atoms with Crippen LogP contribution in [0.3, 0.4) is 0 Å². The van der Waals surface area contributed by atoms with Crippen molar-refractivity contribution < 1.29 is 34.3 Å². The van der Waals surface area contributed by atoms with Crippen LogP contribution in [0.4, 0.5) is 0 Å². The highest BCUT2D eigenvalue weighted by Crippen LogP contribution is 2.23. The summed E-state index contributed by atoms with van der Waals surface area (Å²) in [6.07, 6.45) is -5.39. The Morgan fingerprint density at radius 3 is 2.50 bits per heavy atom. The standard InChI is InChI=1S/C17H24O7/c1-2-6-13(18)22-10-12-14(19)15(20)16(21)17(24-12)23-9-11-7-4-3-5-8-11/h3-5,7-8,12,14-17,19-21H,2,6,9-10H2,1H3/t12-,14-,15+,16-,17-/m1/s1. The lowest BCUT2D eigenvalue weighted by Gasteiger charge is -2.39. The van der Waals surface area contributed by atoms with Gasteiger partial charge in [0.1, 0.15) is 31.0 Å². The number of hydrogen-bond donors (Lipinski definition) is 3. The molecule has 7 heteroatoms. The fourth-order valence-corrected chi connectivity index (χ4v) is 2.40. The van der Waals surface area contributed by atoms with Crippen LogP contribution in [0.25, 0.3) is 0 Å². The molecule has 24 heavy (non-hydrogen) atoms. The van der Waals surface area contributed by atoms with E-state index >= 15 is 0 Å². The van der Waals surface area contributed by atoms with Crippen molar-refractivity contribution in [2.24, 2.45) is 0 Å². The van der Waals surface area contributed by atoms with Gasteiger partial charge in [-0.2, -0.15) is 0 Å². The van der Waals surface area contributed by atoms with E-state index in [1.54, 1.807) is 0 Å². The normalized spacial score (nSPS) is 30.1. The van der Waals surface area contributed by atoms with Gasteiger partial charge in [-0.25, -0.2) is 0 Å². The first kappa shape index (κ1) is 18.8. The zero-order valence-corrected chi connectivity index (χ0v) is 13.6. The Balaban J connectivity index is 1.91. The van der Waals surface area contributed by atoms with E-state index in [0.29, 0.717) is 6.42 Å². The molecule has 0 unspecified atom stereocenters. The van der Waals surface area contributed by atoms with Crippen LogP contribution in [-0.4, -0.2) is 58.6 Å². The van der Waals surface area contributed by atoms with E-state index in [2.05, 4.69) is 0 Å². The molecule has 0 saturated carbocycles. The largest absolute Gasteiger partial charge is 0.463 e. The van der Waals surface area contributed by atoms with Crippen LogP contribution in [-0.2, 0) is 25.6 Å². The lowest BCUT2D eigenvalue weighted by atomic mass is 9.99. The Kier molecular flexibility index (Phi) is 7.14. The maximum absolute atomic E-state index is 11.4. The molecule has 1 aromatic carbocycles. The molecule has 0 aromatic heterocycles. The van der Waals surface area contributed by atoms with E-state index in [1.807, 2.05) is 37.3 Å². The Morgan fingerprint density at radius 2 is 1.83 bits per heavy atom. The Morgan fingerprint density at radius 1 is 1.12 bits per heavy atom. The Bertz CT molecular complexity index is 507. The summed E-state index contributed by atoms with van der Waals surface area (Å²) >= 11 is 0. The molecule has 0 spiro atoms. The first-order valence-electron chi connectivity index (χ1n) is 8.03. The number of aliphatic hydroxyl groups excluding tert-OH is 3. The molecule has 1 saturated heterocycles. The van der Waals surface area contributed by atoms with Crippen LogP contribution in [0, 0.1) is 0 Å². The molecule has 0 amide bonds. The van der Waals surface area contributed by atoms with Gasteiger partial charge in [-0.1, -0.05) is 37.3 Å². The minimum absolute atomic E-state index is 0.174. The first-order chi connectivity index (χ1) is 11.5. The van der Waals surface area contributed by atoms with Gasteiger partial charge in [0.2, 0.25) is 0 Å². The fraction of sp³-hybridized carbons (Fsp3) is 0.588. The maximum atomic E-state index is 11.4. The lowest BCUT2D eigenvalue weighted by molar-refractivity contribution is -0.304. The summed E-state index contributed by atoms with van der Waals surface area (Å²) in [4.78, 5) is 11.4. The third kappa shape index (κ3) is 4.99. The quantitative estimate of drug-likeness (QED) is 0.615. The highest BCUT2D eigenvalue weighted by Gasteiger charge is 2.44. The van der Waals surface area contributed by atoms with Gasteiger partial charge in [-0.3, -0.25) is 4.79 Å². The van der Waals surface area contributed by atoms with E-state index in [9.17, 15) is 20.1 Å². The number of benzene rings is 1. The molecule has 5 atom stereocenters. The molecule has 7 nitrogen and oxygen atoms in total. The molecule has 0 radical (unpaired) electrons. The molecule has 1 aromatic rings. The van der Waals surface area contributed by atoms with Crippen LogP contribution < -0.4 is 0 Å². The third-order valence-corrected chi connectivity index (χ3v) is 3.79. The van der Waals surface area contributed by atoms with Gasteiger partial charge in [-0.05, 0) is 12.0 Å². The van der Waals surface area contributed by atoms with Crippen molar-refractivity contribution in [3.8, 4) is 0 Å². The number of hydrogen-bond acceptors (Lipinski definition) is 7. The van der Waals surface area contributed by atoms with Crippen molar-refractivity contribution in [3.05, 3.63) is 35.9 Å². The van der Waals surface area contributed by atoms with E-state index in [1.165, 1.54) is 0 Å². The van der Waals surface area contributed by atoms with Crippen LogP contribution in [0.2, 0.25) is 0 Å². The average Bonchev–Trinajstić information content (AvgIpc) is 2.59. The SMILES string of the molecule is CCCC(=O)OC[C@H]1O[C@@H](OCc2ccccc2)[C@H](O)[C@@H](O)[C@@H]1O. The van der Waals surface area contributed by atoms with Crippen LogP contribution in [0.5, 0.6) is 0 Å². The monoisotopic (exact) mass is 340 g/mol. The summed E-state index contributed by atoms with van der Waals surface area (Å²) in [6.45, 7) is 1.81. The smallest absolute Gasteiger partial charge is 0.305 e. The summed E-state index contributed by atoms with van der Waals surface area (Å²) in [7, 11) is 0. The van der Waals surface area contributed by atoms with Gasteiger partial charge < -0.3 is 29.5 Å². The molecular formula is C17H24O7. The lowest BCUT2D eigenvalue weighted by Crippen LogP contribution is -2.59. The van der Waals surface area contributed by atoms with Gasteiger partial charge >= 0.3 is 5.97 Å². The molecule has 1 aliphatic heterocycles. The van der Waals surface area contributed by atoms with Gasteiger partial charge in [0.05, 0.1) is 6.61 Å². The molecule has 1 heterocycles. The zero-order valence-electron chi connectivity index (χ0n) is 13.6. The molecular weight excluding hydrogens is 316 g/mol. The number of carbonyl (C=O) groups excluding carboxylic acids is 1. The number of aliphatic hydroxyl groups is 3. The van der Waals surface area contributed by atoms with Crippen molar-refractivity contribution in [1.82, 2.24) is 0 Å². The average molecular weight is 340 g/mol. The minimum atomic E-state index is -1.45. The van der Waals surface area contributed by atoms with Crippen LogP contribution in [0.1, 0.15) is 25.3 Å². The predicted octanol–water partition coefficient (Wildman–Crippen LogP) is 0.354. The topological polar surface area (TPSA) is 105 Å². The van der Waals surface area contributed by atoms with E-state index in [4.69, 9.17) is 14.2 Å². The van der Waals surface area contributed by atoms with Crippen molar-refractivity contribution in [2.75, 3.05) is 6.61 Å². The van der Waals surface area contributed by atoms with Crippen molar-refractivity contribution >= 4 is 5.97 Å². The summed E-state index contributed by atoms with van der Waals surface area (Å²) in [6, 6.07) is 9.28. The molecule has 3 N–H and O–H groups in total. The van der Waals surface area contributed by atoms with Crippen LogP contribution >= 0.6 is 0 Å². The maximum Gasteiger partial charge on any atom is 0.305 e. The molecule has 134 valence electrons. The number of ether oxygens (including phenoxy) is 3. The van der Waals surface area contributed by atoms with Gasteiger partial charge in [0.15, 0.2) is 6.29 Å². The summed E-state index contributed by atoms with van der Waals surface area (Å²) < 4.78 is 16.0. The number of carbonyl (C=O) groups is 1. The third-order valence-electron chi connectivity index (χ3n) is 3.79. The zero-order chi connectivity index (χ0) is 17.5. The molecule has 0 aliphatic carbocycles. The van der Waals surface area contributed by atoms with Crippen molar-refractivity contribution in [1.29, 1.82) is 0 Å². The molecule has 1 aliphatic rings. The van der Waals surface area contributed by atoms with Crippen molar-refractivity contribution in [2.45, 2.75) is 57.1 Å². The highest BCUT2D eigenvalue weighted by molar-refractivity contribution is 5.69. The number of rotatable bonds is 7. The van der Waals surface area contributed by atoms with Crippen LogP contribution in [0.15, 0.2) is 30.3 Å². The first-order valence-corrected chi connectivity index (χ1v) is 8.03. The second-order valence-corrected chi connectivity index (χ2v) is 5.74. The summed E-state index contributed by atoms with van der Waals surface area (Å²) in [5.41, 5.74) is 0.875.